The summed E-state index contributed by atoms with van der Waals surface area (Å²) in [6, 6.07) is -0.694. The molecule has 3 N–H and O–H groups in total. The molecule has 0 rings (SSSR count). The smallest absolute Gasteiger partial charge is 0.320 e. The lowest BCUT2D eigenvalue weighted by Gasteiger charge is -2.05. The van der Waals surface area contributed by atoms with Gasteiger partial charge in [0.1, 0.15) is 7.45 Å². The summed E-state index contributed by atoms with van der Waals surface area (Å²) in [5.41, 5.74) is 2.07. The molecule has 0 heterocycles. The molecule has 15 heavy (non-hydrogen) atoms. The first kappa shape index (κ1) is 12.5. The van der Waals surface area contributed by atoms with Crippen LogP contribution in [0.2, 0.25) is 1.41 Å². The van der Waals surface area contributed by atoms with Crippen molar-refractivity contribution in [2.45, 2.75) is 70.8 Å². The predicted octanol–water partition coefficient (Wildman–Crippen LogP) is 2.93. The number of hydrogen-bond acceptors (Lipinski definition) is 2. The van der Waals surface area contributed by atoms with E-state index in [0.29, 0.717) is 6.42 Å². The highest BCUT2D eigenvalue weighted by Crippen LogP contribution is 2.10. The van der Waals surface area contributed by atoms with Gasteiger partial charge in [0, 0.05) is 0 Å². The first-order valence-electron chi connectivity index (χ1n) is 6.62. The van der Waals surface area contributed by atoms with Gasteiger partial charge in [-0.05, 0) is 6.42 Å². The van der Waals surface area contributed by atoms with E-state index in [2.05, 4.69) is 12.7 Å². The van der Waals surface area contributed by atoms with Gasteiger partial charge >= 0.3 is 5.97 Å². The van der Waals surface area contributed by atoms with Crippen LogP contribution in [0.3, 0.4) is 0 Å². The molecule has 3 heteroatoms. The molecular weight excluding hydrogens is 190 g/mol. The second-order valence-corrected chi connectivity index (χ2v) is 4.15. The van der Waals surface area contributed by atoms with Gasteiger partial charge in [-0.25, -0.2) is 0 Å². The van der Waals surface area contributed by atoms with Gasteiger partial charge in [-0.1, -0.05) is 58.3 Å². The Morgan fingerprint density at radius 1 is 1.20 bits per heavy atom. The van der Waals surface area contributed by atoms with Gasteiger partial charge in [0.2, 0.25) is 0 Å². The second kappa shape index (κ2) is 9.97. The minimum atomic E-state index is -0.919. The Hall–Kier alpha value is -0.570. The standard InChI is InChI=1S/C12H25NO2/c1-2-3-4-5-6-7-8-9-10-11(13)12(14)15/h11H,2-10,13H2,1H3,(H,14,15)/i/hD. The minimum absolute atomic E-state index is 0.563. The van der Waals surface area contributed by atoms with Gasteiger partial charge in [0.25, 0.3) is 0 Å². The molecule has 0 radical (unpaired) electrons. The van der Waals surface area contributed by atoms with Gasteiger partial charge in [-0.15, -0.1) is 0 Å². The summed E-state index contributed by atoms with van der Waals surface area (Å²) >= 11 is 0. The van der Waals surface area contributed by atoms with Gasteiger partial charge in [-0.2, -0.15) is 0 Å². The molecule has 0 amide bonds. The van der Waals surface area contributed by atoms with Crippen LogP contribution in [0.4, 0.5) is 0 Å². The van der Waals surface area contributed by atoms with Crippen LogP contribution >= 0.6 is 0 Å². The van der Waals surface area contributed by atoms with Crippen molar-refractivity contribution in [2.24, 2.45) is 5.73 Å². The third kappa shape index (κ3) is 9.73. The van der Waals surface area contributed by atoms with Crippen LogP contribution in [0.5, 0.6) is 0 Å². The maximum atomic E-state index is 10.6. The molecule has 0 bridgehead atoms. The van der Waals surface area contributed by atoms with Gasteiger partial charge < -0.3 is 10.8 Å². The Morgan fingerprint density at radius 2 is 1.73 bits per heavy atom. The van der Waals surface area contributed by atoms with Crippen molar-refractivity contribution in [1.29, 1.82) is 0 Å². The Kier molecular flexibility index (Phi) is 8.30. The zero-order valence-electron chi connectivity index (χ0n) is 10.8. The Bertz CT molecular complexity index is 176. The van der Waals surface area contributed by atoms with E-state index in [9.17, 15) is 4.79 Å². The number of carbonyl (C=O) groups is 1. The molecule has 0 aliphatic rings. The van der Waals surface area contributed by atoms with Crippen LogP contribution in [0.15, 0.2) is 0 Å². The summed E-state index contributed by atoms with van der Waals surface area (Å²) in [5, 5.41) is 8.69. The zero-order valence-corrected chi connectivity index (χ0v) is 9.80. The fraction of sp³-hybridized carbons (Fsp3) is 0.917. The molecule has 0 aromatic heterocycles. The van der Waals surface area contributed by atoms with E-state index >= 15 is 0 Å². The number of carboxylic acid groups (broad SMARTS) is 1. The van der Waals surface area contributed by atoms with Gasteiger partial charge in [-0.3, -0.25) is 4.79 Å². The molecule has 3 nitrogen and oxygen atoms in total. The van der Waals surface area contributed by atoms with E-state index in [1.807, 2.05) is 0 Å². The molecule has 0 aliphatic carbocycles. The van der Waals surface area contributed by atoms with Crippen molar-refractivity contribution in [3.8, 4) is 0 Å². The molecule has 0 fully saturated rings. The Morgan fingerprint density at radius 3 is 2.20 bits per heavy atom. The molecular formula is C12H25NO2. The average Bonchev–Trinajstić information content (AvgIpc) is 2.26. The van der Waals surface area contributed by atoms with Crippen LogP contribution in [0, 0.1) is 0 Å². The van der Waals surface area contributed by atoms with Crippen LogP contribution in [0.25, 0.3) is 0 Å². The lowest BCUT2D eigenvalue weighted by molar-refractivity contribution is -0.138. The van der Waals surface area contributed by atoms with Crippen LogP contribution in [-0.4, -0.2) is 17.1 Å². The molecule has 0 aromatic rings. The Labute approximate surface area is 94.5 Å². The summed E-state index contributed by atoms with van der Waals surface area (Å²) < 4.78 is 6.85. The number of carboxylic acids is 1. The summed E-state index contributed by atoms with van der Waals surface area (Å²) in [6.07, 6.45) is 10.2. The summed E-state index contributed by atoms with van der Waals surface area (Å²) in [5.74, 6) is -0.919. The molecule has 90 valence electrons. The summed E-state index contributed by atoms with van der Waals surface area (Å²) in [6.45, 7) is 2.21. The predicted molar refractivity (Wildman–Crippen MR) is 62.8 cm³/mol. The molecule has 0 spiro atoms. The monoisotopic (exact) mass is 216 g/mol. The van der Waals surface area contributed by atoms with Crippen molar-refractivity contribution in [2.75, 3.05) is 0 Å². The number of nitrogens with two attached hydrogens (primary N) is 1. The van der Waals surface area contributed by atoms with Gasteiger partial charge in [0.05, 0.1) is 0 Å². The van der Waals surface area contributed by atoms with E-state index in [0.717, 1.165) is 12.8 Å². The van der Waals surface area contributed by atoms with Crippen LogP contribution in [-0.2, 0) is 4.79 Å². The number of aliphatic carboxylic acids is 1. The molecule has 0 aromatic carbocycles. The fourth-order valence-corrected chi connectivity index (χ4v) is 1.61. The highest BCUT2D eigenvalue weighted by Gasteiger charge is 2.09. The quantitative estimate of drug-likeness (QED) is 0.522. The largest absolute Gasteiger partial charge is 0.480 e. The highest BCUT2D eigenvalue weighted by atomic mass is 16.4. The molecule has 0 saturated heterocycles. The van der Waals surface area contributed by atoms with Crippen molar-refractivity contribution in [3.63, 3.8) is 0 Å². The van der Waals surface area contributed by atoms with Crippen molar-refractivity contribution >= 4 is 5.97 Å². The lowest BCUT2D eigenvalue weighted by atomic mass is 10.1. The zero-order chi connectivity index (χ0) is 12.2. The first-order valence-corrected chi connectivity index (χ1v) is 6.12. The first-order chi connectivity index (χ1) is 7.72. The van der Waals surface area contributed by atoms with E-state index in [4.69, 9.17) is 6.52 Å². The average molecular weight is 216 g/mol. The summed E-state index contributed by atoms with van der Waals surface area (Å²) in [7, 11) is 0. The van der Waals surface area contributed by atoms with Gasteiger partial charge in [0.15, 0.2) is 0 Å². The number of unbranched alkanes of at least 4 members (excludes halogenated alkanes) is 7. The minimum Gasteiger partial charge on any atom is -0.480 e. The SMILES string of the molecule is [2H]NC(CCCCCCCCCC)C(=O)O. The van der Waals surface area contributed by atoms with Crippen molar-refractivity contribution in [1.82, 2.24) is 0 Å². The normalized spacial score (nSPS) is 13.5. The third-order valence-electron chi connectivity index (χ3n) is 2.64. The van der Waals surface area contributed by atoms with E-state index in [1.165, 1.54) is 38.5 Å². The lowest BCUT2D eigenvalue weighted by Crippen LogP contribution is -2.29. The van der Waals surface area contributed by atoms with Crippen LogP contribution < -0.4 is 5.73 Å². The maximum absolute atomic E-state index is 10.6. The van der Waals surface area contributed by atoms with Crippen molar-refractivity contribution < 1.29 is 11.3 Å². The van der Waals surface area contributed by atoms with Crippen LogP contribution in [0.1, 0.15) is 64.7 Å². The number of rotatable bonds is 11. The topological polar surface area (TPSA) is 63.3 Å². The Balaban J connectivity index is 3.22. The fourth-order valence-electron chi connectivity index (χ4n) is 1.61. The van der Waals surface area contributed by atoms with Crippen molar-refractivity contribution in [3.05, 3.63) is 0 Å². The van der Waals surface area contributed by atoms with E-state index in [-0.39, 0.29) is 0 Å². The second-order valence-electron chi connectivity index (χ2n) is 4.15. The summed E-state index contributed by atoms with van der Waals surface area (Å²) in [4.78, 5) is 10.6. The molecule has 0 saturated carbocycles. The third-order valence-corrected chi connectivity index (χ3v) is 2.64. The molecule has 1 atom stereocenters. The number of hydrogen-bond donors (Lipinski definition) is 2. The maximum Gasteiger partial charge on any atom is 0.320 e. The highest BCUT2D eigenvalue weighted by molar-refractivity contribution is 5.72. The van der Waals surface area contributed by atoms with E-state index in [1.54, 1.807) is 0 Å². The molecule has 0 aliphatic heterocycles. The van der Waals surface area contributed by atoms with E-state index < -0.39 is 12.0 Å². The molecule has 1 unspecified atom stereocenters.